The molecule has 1 aliphatic rings. The summed E-state index contributed by atoms with van der Waals surface area (Å²) in [7, 11) is 0. The summed E-state index contributed by atoms with van der Waals surface area (Å²) in [6, 6.07) is 11.8. The molecule has 0 radical (unpaired) electrons. The Bertz CT molecular complexity index is 903. The van der Waals surface area contributed by atoms with Crippen LogP contribution in [0.1, 0.15) is 43.6 Å². The molecule has 1 fully saturated rings. The zero-order valence-corrected chi connectivity index (χ0v) is 14.8. The van der Waals surface area contributed by atoms with Gasteiger partial charge in [0.15, 0.2) is 0 Å². The zero-order chi connectivity index (χ0) is 18.1. The van der Waals surface area contributed by atoms with Crippen molar-refractivity contribution in [2.75, 3.05) is 11.4 Å². The normalized spacial score (nSPS) is 17.3. The van der Waals surface area contributed by atoms with E-state index in [4.69, 9.17) is 4.52 Å². The number of hydrogen-bond acceptors (Lipinski definition) is 5. The van der Waals surface area contributed by atoms with Crippen molar-refractivity contribution in [3.8, 4) is 11.4 Å². The third-order valence-corrected chi connectivity index (χ3v) is 4.73. The van der Waals surface area contributed by atoms with Crippen LogP contribution in [0, 0.1) is 0 Å². The fourth-order valence-electron chi connectivity index (χ4n) is 3.18. The second-order valence-electron chi connectivity index (χ2n) is 6.84. The molecule has 1 atom stereocenters. The number of anilines is 1. The van der Waals surface area contributed by atoms with E-state index in [1.54, 1.807) is 17.3 Å². The highest BCUT2D eigenvalue weighted by Crippen LogP contribution is 2.32. The lowest BCUT2D eigenvalue weighted by molar-refractivity contribution is -0.117. The number of carbonyl (C=O) groups is 1. The predicted octanol–water partition coefficient (Wildman–Crippen LogP) is 3.78. The molecule has 132 valence electrons. The monoisotopic (exact) mass is 348 g/mol. The summed E-state index contributed by atoms with van der Waals surface area (Å²) in [5.74, 6) is 1.49. The summed E-state index contributed by atoms with van der Waals surface area (Å²) in [6.07, 6.45) is 3.75. The largest absolute Gasteiger partial charge is 0.339 e. The molecule has 0 bridgehead atoms. The lowest BCUT2D eigenvalue weighted by Crippen LogP contribution is -2.24. The highest BCUT2D eigenvalue weighted by Gasteiger charge is 2.35. The molecule has 1 amide bonds. The molecule has 0 N–H and O–H groups in total. The molecule has 4 rings (SSSR count). The van der Waals surface area contributed by atoms with Crippen LogP contribution in [0.2, 0.25) is 0 Å². The second kappa shape index (κ2) is 6.71. The van der Waals surface area contributed by atoms with E-state index in [9.17, 15) is 4.79 Å². The first-order valence-electron chi connectivity index (χ1n) is 8.76. The molecule has 0 saturated carbocycles. The van der Waals surface area contributed by atoms with Crippen molar-refractivity contribution in [2.24, 2.45) is 0 Å². The molecule has 0 aliphatic carbocycles. The van der Waals surface area contributed by atoms with E-state index in [0.717, 1.165) is 11.3 Å². The van der Waals surface area contributed by atoms with Crippen molar-refractivity contribution < 1.29 is 9.32 Å². The molecule has 3 heterocycles. The van der Waals surface area contributed by atoms with Gasteiger partial charge in [0.1, 0.15) is 0 Å². The molecule has 0 spiro atoms. The Morgan fingerprint density at radius 2 is 1.85 bits per heavy atom. The van der Waals surface area contributed by atoms with Gasteiger partial charge in [-0.25, -0.2) is 0 Å². The molecule has 0 unspecified atom stereocenters. The predicted molar refractivity (Wildman–Crippen MR) is 97.8 cm³/mol. The topological polar surface area (TPSA) is 72.1 Å². The number of carbonyl (C=O) groups excluding carboxylic acids is 1. The van der Waals surface area contributed by atoms with Crippen molar-refractivity contribution in [1.29, 1.82) is 0 Å². The molecule has 1 saturated heterocycles. The van der Waals surface area contributed by atoms with Gasteiger partial charge in [-0.3, -0.25) is 9.78 Å². The van der Waals surface area contributed by atoms with E-state index in [1.807, 2.05) is 24.3 Å². The first-order chi connectivity index (χ1) is 12.6. The minimum atomic E-state index is -0.0876. The van der Waals surface area contributed by atoms with Crippen molar-refractivity contribution >= 4 is 11.6 Å². The van der Waals surface area contributed by atoms with Gasteiger partial charge in [0.2, 0.25) is 17.6 Å². The van der Waals surface area contributed by atoms with E-state index < -0.39 is 0 Å². The maximum absolute atomic E-state index is 12.5. The highest BCUT2D eigenvalue weighted by molar-refractivity contribution is 5.96. The standard InChI is InChI=1S/C20H20N4O2/c1-13(2)14-3-5-17(6-4-14)24-12-16(11-18(24)25)20-22-19(23-26-20)15-7-9-21-10-8-15/h3-10,13,16H,11-12H2,1-2H3/t16-/m1/s1. The van der Waals surface area contributed by atoms with Crippen molar-refractivity contribution in [3.05, 3.63) is 60.2 Å². The number of rotatable bonds is 4. The Labute approximate surface area is 151 Å². The fourth-order valence-corrected chi connectivity index (χ4v) is 3.18. The Balaban J connectivity index is 1.52. The molecule has 6 nitrogen and oxygen atoms in total. The van der Waals surface area contributed by atoms with Gasteiger partial charge in [0.05, 0.1) is 5.92 Å². The van der Waals surface area contributed by atoms with Crippen LogP contribution in [0.25, 0.3) is 11.4 Å². The number of nitrogens with zero attached hydrogens (tertiary/aromatic N) is 4. The molecule has 2 aromatic heterocycles. The number of benzene rings is 1. The van der Waals surface area contributed by atoms with Gasteiger partial charge in [-0.05, 0) is 35.7 Å². The maximum Gasteiger partial charge on any atom is 0.232 e. The summed E-state index contributed by atoms with van der Waals surface area (Å²) in [6.45, 7) is 4.86. The summed E-state index contributed by atoms with van der Waals surface area (Å²) >= 11 is 0. The van der Waals surface area contributed by atoms with E-state index in [2.05, 4.69) is 41.1 Å². The molecular formula is C20H20N4O2. The van der Waals surface area contributed by atoms with Crippen LogP contribution >= 0.6 is 0 Å². The van der Waals surface area contributed by atoms with Crippen LogP contribution in [0.4, 0.5) is 5.69 Å². The van der Waals surface area contributed by atoms with Gasteiger partial charge in [-0.15, -0.1) is 0 Å². The van der Waals surface area contributed by atoms with Gasteiger partial charge in [-0.1, -0.05) is 31.1 Å². The number of hydrogen-bond donors (Lipinski definition) is 0. The Kier molecular flexibility index (Phi) is 4.24. The lowest BCUT2D eigenvalue weighted by atomic mass is 10.0. The fraction of sp³-hybridized carbons (Fsp3) is 0.300. The van der Waals surface area contributed by atoms with E-state index in [0.29, 0.717) is 30.6 Å². The second-order valence-corrected chi connectivity index (χ2v) is 6.84. The Morgan fingerprint density at radius 1 is 1.12 bits per heavy atom. The highest BCUT2D eigenvalue weighted by atomic mass is 16.5. The SMILES string of the molecule is CC(C)c1ccc(N2C[C@H](c3nc(-c4ccncc4)no3)CC2=O)cc1. The van der Waals surface area contributed by atoms with Crippen molar-refractivity contribution in [1.82, 2.24) is 15.1 Å². The average molecular weight is 348 g/mol. The minimum Gasteiger partial charge on any atom is -0.339 e. The molecule has 1 aromatic carbocycles. The van der Waals surface area contributed by atoms with E-state index in [1.165, 1.54) is 5.56 Å². The quantitative estimate of drug-likeness (QED) is 0.717. The Hall–Kier alpha value is -3.02. The van der Waals surface area contributed by atoms with Gasteiger partial charge >= 0.3 is 0 Å². The van der Waals surface area contributed by atoms with Gasteiger partial charge in [0.25, 0.3) is 0 Å². The Morgan fingerprint density at radius 3 is 2.54 bits per heavy atom. The zero-order valence-electron chi connectivity index (χ0n) is 14.8. The lowest BCUT2D eigenvalue weighted by Gasteiger charge is -2.17. The summed E-state index contributed by atoms with van der Waals surface area (Å²) in [4.78, 5) is 22.7. The first kappa shape index (κ1) is 16.4. The first-order valence-corrected chi connectivity index (χ1v) is 8.76. The average Bonchev–Trinajstić information content (AvgIpc) is 3.29. The van der Waals surface area contributed by atoms with E-state index >= 15 is 0 Å². The summed E-state index contributed by atoms with van der Waals surface area (Å²) < 4.78 is 5.43. The summed E-state index contributed by atoms with van der Waals surface area (Å²) in [5.41, 5.74) is 3.02. The van der Waals surface area contributed by atoms with Crippen molar-refractivity contribution in [3.63, 3.8) is 0 Å². The van der Waals surface area contributed by atoms with Crippen LogP contribution in [0.3, 0.4) is 0 Å². The molecular weight excluding hydrogens is 328 g/mol. The molecule has 3 aromatic rings. The summed E-state index contributed by atoms with van der Waals surface area (Å²) in [5, 5.41) is 4.04. The number of aromatic nitrogens is 3. The third kappa shape index (κ3) is 3.10. The smallest absolute Gasteiger partial charge is 0.232 e. The van der Waals surface area contributed by atoms with E-state index in [-0.39, 0.29) is 11.8 Å². The van der Waals surface area contributed by atoms with Gasteiger partial charge in [-0.2, -0.15) is 4.98 Å². The van der Waals surface area contributed by atoms with Crippen LogP contribution in [-0.4, -0.2) is 27.6 Å². The molecule has 26 heavy (non-hydrogen) atoms. The minimum absolute atomic E-state index is 0.0796. The molecule has 1 aliphatic heterocycles. The maximum atomic E-state index is 12.5. The molecule has 6 heteroatoms. The number of amides is 1. The third-order valence-electron chi connectivity index (χ3n) is 4.73. The van der Waals surface area contributed by atoms with Crippen LogP contribution < -0.4 is 4.90 Å². The van der Waals surface area contributed by atoms with Crippen molar-refractivity contribution in [2.45, 2.75) is 32.1 Å². The van der Waals surface area contributed by atoms with Crippen LogP contribution in [-0.2, 0) is 4.79 Å². The van der Waals surface area contributed by atoms with Crippen LogP contribution in [0.5, 0.6) is 0 Å². The number of pyridine rings is 1. The van der Waals surface area contributed by atoms with Gasteiger partial charge in [0, 0.05) is 36.6 Å². The van der Waals surface area contributed by atoms with Crippen LogP contribution in [0.15, 0.2) is 53.3 Å². The van der Waals surface area contributed by atoms with Gasteiger partial charge < -0.3 is 9.42 Å².